The van der Waals surface area contributed by atoms with Crippen LogP contribution in [-0.2, 0) is 9.59 Å². The standard InChI is InChI=1S/C30H46O5/c1-17-10-13-30(24(33)34)15-14-27(5)18(22(30)29(17,7)35)8-9-21-26(4)16-19(31)23(32)25(2,3)20(26)11-12-28(21,27)6/h8,17,20-23,32,35H,9-16H2,1-7H3,(H,33,34)/t17-,20-,21-,22-,23+,26+,27-,28-,29-,30+/m1/s1. The van der Waals surface area contributed by atoms with Gasteiger partial charge >= 0.3 is 5.97 Å². The number of carbonyl (C=O) groups excluding carboxylic acids is 1. The summed E-state index contributed by atoms with van der Waals surface area (Å²) in [6.07, 6.45) is 7.35. The fraction of sp³-hybridized carbons (Fsp3) is 0.867. The molecule has 0 amide bonds. The summed E-state index contributed by atoms with van der Waals surface area (Å²) in [5.74, 6) is -0.588. The molecule has 5 aliphatic rings. The minimum Gasteiger partial charge on any atom is -0.481 e. The molecule has 4 saturated carbocycles. The van der Waals surface area contributed by atoms with Crippen LogP contribution in [0.5, 0.6) is 0 Å². The summed E-state index contributed by atoms with van der Waals surface area (Å²) in [4.78, 5) is 25.9. The Morgan fingerprint density at radius 2 is 1.63 bits per heavy atom. The molecule has 3 N–H and O–H groups in total. The molecule has 0 unspecified atom stereocenters. The van der Waals surface area contributed by atoms with Crippen LogP contribution in [0, 0.1) is 50.7 Å². The fourth-order valence-electron chi connectivity index (χ4n) is 10.8. The van der Waals surface area contributed by atoms with Crippen LogP contribution >= 0.6 is 0 Å². The second kappa shape index (κ2) is 7.22. The van der Waals surface area contributed by atoms with Gasteiger partial charge in [0, 0.05) is 17.8 Å². The van der Waals surface area contributed by atoms with Gasteiger partial charge in [0.05, 0.1) is 11.0 Å². The normalized spacial score (nSPS) is 55.1. The molecule has 10 atom stereocenters. The zero-order valence-electron chi connectivity index (χ0n) is 22.8. The van der Waals surface area contributed by atoms with Crippen molar-refractivity contribution in [3.63, 3.8) is 0 Å². The van der Waals surface area contributed by atoms with Crippen molar-refractivity contribution < 1.29 is 24.9 Å². The number of carboxylic acids is 1. The first-order chi connectivity index (χ1) is 16.0. The highest BCUT2D eigenvalue weighted by atomic mass is 16.4. The third kappa shape index (κ3) is 2.83. The number of aliphatic carboxylic acids is 1. The molecule has 4 fully saturated rings. The zero-order chi connectivity index (χ0) is 26.0. The van der Waals surface area contributed by atoms with Crippen molar-refractivity contribution in [1.82, 2.24) is 0 Å². The number of rotatable bonds is 1. The number of allylic oxidation sites excluding steroid dienone is 1. The Kier molecular flexibility index (Phi) is 5.25. The van der Waals surface area contributed by atoms with E-state index in [1.54, 1.807) is 0 Å². The number of fused-ring (bicyclic) bond motifs is 7. The Morgan fingerprint density at radius 3 is 2.26 bits per heavy atom. The number of Topliss-reactive ketones (excluding diaryl/α,β-unsaturated/α-hetero) is 1. The van der Waals surface area contributed by atoms with Crippen LogP contribution in [0.3, 0.4) is 0 Å². The maximum atomic E-state index is 13.1. The van der Waals surface area contributed by atoms with Gasteiger partial charge < -0.3 is 15.3 Å². The lowest BCUT2D eigenvalue weighted by Crippen LogP contribution is -2.68. The van der Waals surface area contributed by atoms with Crippen LogP contribution in [-0.4, -0.2) is 38.8 Å². The van der Waals surface area contributed by atoms with E-state index in [4.69, 9.17) is 0 Å². The summed E-state index contributed by atoms with van der Waals surface area (Å²) >= 11 is 0. The molecule has 0 aliphatic heterocycles. The van der Waals surface area contributed by atoms with Crippen molar-refractivity contribution in [3.8, 4) is 0 Å². The van der Waals surface area contributed by atoms with E-state index in [0.29, 0.717) is 19.3 Å². The molecule has 5 rings (SSSR count). The Labute approximate surface area is 210 Å². The van der Waals surface area contributed by atoms with Crippen LogP contribution in [0.25, 0.3) is 0 Å². The fourth-order valence-corrected chi connectivity index (χ4v) is 10.8. The molecule has 5 heteroatoms. The Morgan fingerprint density at radius 1 is 0.971 bits per heavy atom. The number of ketones is 1. The number of carboxylic acid groups (broad SMARTS) is 1. The molecule has 0 aromatic rings. The van der Waals surface area contributed by atoms with Crippen molar-refractivity contribution in [2.24, 2.45) is 50.7 Å². The predicted molar refractivity (Wildman–Crippen MR) is 134 cm³/mol. The van der Waals surface area contributed by atoms with E-state index in [-0.39, 0.29) is 45.7 Å². The minimum atomic E-state index is -1.07. The molecule has 5 aliphatic carbocycles. The van der Waals surface area contributed by atoms with E-state index >= 15 is 0 Å². The van der Waals surface area contributed by atoms with Gasteiger partial charge in [-0.15, -0.1) is 0 Å². The van der Waals surface area contributed by atoms with Gasteiger partial charge in [-0.2, -0.15) is 0 Å². The summed E-state index contributed by atoms with van der Waals surface area (Å²) in [5, 5.41) is 33.2. The van der Waals surface area contributed by atoms with Crippen LogP contribution in [0.1, 0.15) is 99.8 Å². The maximum Gasteiger partial charge on any atom is 0.310 e. The van der Waals surface area contributed by atoms with Gasteiger partial charge in [-0.25, -0.2) is 0 Å². The predicted octanol–water partition coefficient (Wildman–Crippen LogP) is 5.38. The smallest absolute Gasteiger partial charge is 0.310 e. The third-order valence-corrected chi connectivity index (χ3v) is 13.2. The van der Waals surface area contributed by atoms with E-state index < -0.39 is 28.5 Å². The molecule has 0 bridgehead atoms. The minimum absolute atomic E-state index is 0.0319. The van der Waals surface area contributed by atoms with Crippen LogP contribution in [0.15, 0.2) is 11.6 Å². The quantitative estimate of drug-likeness (QED) is 0.432. The molecule has 5 nitrogen and oxygen atoms in total. The number of aliphatic hydroxyl groups excluding tert-OH is 1. The molecule has 0 saturated heterocycles. The average molecular weight is 487 g/mol. The van der Waals surface area contributed by atoms with Crippen molar-refractivity contribution >= 4 is 11.8 Å². The highest BCUT2D eigenvalue weighted by Crippen LogP contribution is 2.75. The van der Waals surface area contributed by atoms with Gasteiger partial charge in [0.2, 0.25) is 0 Å². The molecule has 35 heavy (non-hydrogen) atoms. The van der Waals surface area contributed by atoms with Crippen LogP contribution in [0.4, 0.5) is 0 Å². The highest BCUT2D eigenvalue weighted by molar-refractivity contribution is 5.85. The number of hydrogen-bond donors (Lipinski definition) is 3. The first kappa shape index (κ1) is 25.4. The van der Waals surface area contributed by atoms with E-state index in [1.165, 1.54) is 5.57 Å². The van der Waals surface area contributed by atoms with Crippen molar-refractivity contribution in [3.05, 3.63) is 11.6 Å². The molecular formula is C30H46O5. The van der Waals surface area contributed by atoms with Gasteiger partial charge in [0.15, 0.2) is 5.78 Å². The van der Waals surface area contributed by atoms with Gasteiger partial charge in [-0.05, 0) is 85.9 Å². The molecule has 0 aromatic carbocycles. The number of hydrogen-bond acceptors (Lipinski definition) is 4. The Balaban J connectivity index is 1.65. The summed E-state index contributed by atoms with van der Waals surface area (Å²) in [7, 11) is 0. The molecular weight excluding hydrogens is 440 g/mol. The lowest BCUT2D eigenvalue weighted by molar-refractivity contribution is -0.215. The van der Waals surface area contributed by atoms with Gasteiger partial charge in [-0.1, -0.05) is 53.2 Å². The van der Waals surface area contributed by atoms with E-state index in [0.717, 1.165) is 32.1 Å². The third-order valence-electron chi connectivity index (χ3n) is 13.2. The molecule has 0 spiro atoms. The SMILES string of the molecule is C[C@@H]1CC[C@]2(C(=O)O)CC[C@]3(C)C(=CC[C@@H]4[C@@]5(C)CC(=O)[C@H](O)C(C)(C)[C@H]5CC[C@]43C)[C@@H]2[C@]1(C)O. The molecule has 196 valence electrons. The summed E-state index contributed by atoms with van der Waals surface area (Å²) in [6, 6.07) is 0. The van der Waals surface area contributed by atoms with Gasteiger partial charge in [0.25, 0.3) is 0 Å². The maximum absolute atomic E-state index is 13.1. The van der Waals surface area contributed by atoms with Crippen LogP contribution in [0.2, 0.25) is 0 Å². The summed E-state index contributed by atoms with van der Waals surface area (Å²) < 4.78 is 0. The van der Waals surface area contributed by atoms with Crippen molar-refractivity contribution in [1.29, 1.82) is 0 Å². The zero-order valence-corrected chi connectivity index (χ0v) is 22.8. The Bertz CT molecular complexity index is 995. The first-order valence-electron chi connectivity index (χ1n) is 13.9. The Hall–Kier alpha value is -1.20. The largest absolute Gasteiger partial charge is 0.481 e. The second-order valence-electron chi connectivity index (χ2n) is 14.7. The summed E-state index contributed by atoms with van der Waals surface area (Å²) in [5.41, 5.74) is -1.78. The van der Waals surface area contributed by atoms with Crippen LogP contribution < -0.4 is 0 Å². The average Bonchev–Trinajstić information content (AvgIpc) is 2.75. The molecule has 0 aromatic heterocycles. The van der Waals surface area contributed by atoms with E-state index in [2.05, 4.69) is 47.6 Å². The van der Waals surface area contributed by atoms with Gasteiger partial charge in [-0.3, -0.25) is 9.59 Å². The first-order valence-corrected chi connectivity index (χ1v) is 13.9. The van der Waals surface area contributed by atoms with Gasteiger partial charge in [0.1, 0.15) is 6.10 Å². The monoisotopic (exact) mass is 486 g/mol. The van der Waals surface area contributed by atoms with Crippen molar-refractivity contribution in [2.45, 2.75) is 112 Å². The van der Waals surface area contributed by atoms with Crippen molar-refractivity contribution in [2.75, 3.05) is 0 Å². The lowest BCUT2D eigenvalue weighted by atomic mass is 9.33. The lowest BCUT2D eigenvalue weighted by Gasteiger charge is -2.71. The highest BCUT2D eigenvalue weighted by Gasteiger charge is 2.71. The second-order valence-corrected chi connectivity index (χ2v) is 14.7. The van der Waals surface area contributed by atoms with E-state index in [9.17, 15) is 24.9 Å². The molecule has 0 radical (unpaired) electrons. The molecule has 0 heterocycles. The number of carbonyl (C=O) groups is 2. The topological polar surface area (TPSA) is 94.8 Å². The summed E-state index contributed by atoms with van der Waals surface area (Å²) in [6.45, 7) is 15.1. The number of aliphatic hydroxyl groups is 2. The van der Waals surface area contributed by atoms with E-state index in [1.807, 2.05) is 6.92 Å².